The lowest BCUT2D eigenvalue weighted by atomic mass is 9.87. The number of rotatable bonds is 4. The molecule has 20 heavy (non-hydrogen) atoms. The van der Waals surface area contributed by atoms with E-state index in [-0.39, 0.29) is 6.04 Å². The molecule has 0 spiro atoms. The number of furan rings is 1. The van der Waals surface area contributed by atoms with Crippen molar-refractivity contribution in [2.45, 2.75) is 38.1 Å². The first-order valence-corrected chi connectivity index (χ1v) is 7.34. The van der Waals surface area contributed by atoms with Gasteiger partial charge in [-0.2, -0.15) is 0 Å². The highest BCUT2D eigenvalue weighted by molar-refractivity contribution is 5.38. The Hall–Kier alpha value is -1.74. The Bertz CT molecular complexity index is 576. The third kappa shape index (κ3) is 2.59. The van der Waals surface area contributed by atoms with E-state index in [1.54, 1.807) is 0 Å². The van der Waals surface area contributed by atoms with Gasteiger partial charge in [0.15, 0.2) is 0 Å². The molecule has 1 aliphatic rings. The molecule has 1 aromatic carbocycles. The van der Waals surface area contributed by atoms with Gasteiger partial charge in [-0.3, -0.25) is 0 Å². The lowest BCUT2D eigenvalue weighted by Crippen LogP contribution is -2.19. The highest BCUT2D eigenvalue weighted by atomic mass is 16.5. The Labute approximate surface area is 119 Å². The average Bonchev–Trinajstić information content (AvgIpc) is 2.97. The highest BCUT2D eigenvalue weighted by Crippen LogP contribution is 2.38. The van der Waals surface area contributed by atoms with Crippen molar-refractivity contribution >= 4 is 0 Å². The van der Waals surface area contributed by atoms with Crippen LogP contribution in [0.15, 0.2) is 40.8 Å². The van der Waals surface area contributed by atoms with Crippen LogP contribution in [0.25, 0.3) is 0 Å². The maximum absolute atomic E-state index is 6.32. The van der Waals surface area contributed by atoms with Crippen LogP contribution in [0.1, 0.15) is 48.8 Å². The number of hydrogen-bond donors (Lipinski definition) is 1. The molecule has 3 rings (SSSR count). The molecule has 2 unspecified atom stereocenters. The maximum Gasteiger partial charge on any atom is 0.122 e. The van der Waals surface area contributed by atoms with Gasteiger partial charge in [0.1, 0.15) is 17.3 Å². The smallest absolute Gasteiger partial charge is 0.122 e. The molecule has 0 saturated heterocycles. The molecule has 0 bridgehead atoms. The number of aryl methyl sites for hydroxylation is 1. The van der Waals surface area contributed by atoms with Gasteiger partial charge in [-0.05, 0) is 42.5 Å². The van der Waals surface area contributed by atoms with Crippen LogP contribution in [-0.4, -0.2) is 6.61 Å². The average molecular weight is 271 g/mol. The van der Waals surface area contributed by atoms with Gasteiger partial charge >= 0.3 is 0 Å². The fourth-order valence-corrected chi connectivity index (χ4v) is 2.87. The molecule has 2 atom stereocenters. The van der Waals surface area contributed by atoms with Gasteiger partial charge in [-0.1, -0.05) is 25.1 Å². The fourth-order valence-electron chi connectivity index (χ4n) is 2.87. The zero-order valence-electron chi connectivity index (χ0n) is 11.8. The minimum Gasteiger partial charge on any atom is -0.493 e. The molecule has 2 heterocycles. The fraction of sp³-hybridized carbons (Fsp3) is 0.412. The molecule has 0 saturated carbocycles. The van der Waals surface area contributed by atoms with Crippen molar-refractivity contribution in [3.8, 4) is 5.75 Å². The summed E-state index contributed by atoms with van der Waals surface area (Å²) in [6.07, 6.45) is 2.83. The zero-order chi connectivity index (χ0) is 13.9. The van der Waals surface area contributed by atoms with E-state index in [1.165, 1.54) is 5.56 Å². The number of fused-ring (bicyclic) bond motifs is 1. The van der Waals surface area contributed by atoms with E-state index in [4.69, 9.17) is 14.9 Å². The van der Waals surface area contributed by atoms with Crippen molar-refractivity contribution in [3.05, 3.63) is 53.5 Å². The van der Waals surface area contributed by atoms with E-state index in [1.807, 2.05) is 24.3 Å². The second-order valence-corrected chi connectivity index (χ2v) is 5.37. The van der Waals surface area contributed by atoms with Crippen LogP contribution in [0.4, 0.5) is 0 Å². The Balaban J connectivity index is 1.75. The molecule has 1 aliphatic heterocycles. The summed E-state index contributed by atoms with van der Waals surface area (Å²) in [5, 5.41) is 0. The minimum atomic E-state index is -0.0496. The van der Waals surface area contributed by atoms with Crippen LogP contribution in [0, 0.1) is 0 Å². The Morgan fingerprint density at radius 1 is 1.25 bits per heavy atom. The zero-order valence-corrected chi connectivity index (χ0v) is 11.8. The number of benzene rings is 1. The van der Waals surface area contributed by atoms with E-state index in [0.29, 0.717) is 5.92 Å². The van der Waals surface area contributed by atoms with E-state index >= 15 is 0 Å². The van der Waals surface area contributed by atoms with Crippen molar-refractivity contribution < 1.29 is 9.15 Å². The summed E-state index contributed by atoms with van der Waals surface area (Å²) in [4.78, 5) is 0. The first kappa shape index (κ1) is 13.3. The van der Waals surface area contributed by atoms with Crippen molar-refractivity contribution in [3.63, 3.8) is 0 Å². The third-order valence-corrected chi connectivity index (χ3v) is 4.02. The molecular formula is C17H21NO2. The van der Waals surface area contributed by atoms with E-state index in [2.05, 4.69) is 19.1 Å². The predicted octanol–water partition coefficient (Wildman–Crippen LogP) is 3.80. The quantitative estimate of drug-likeness (QED) is 0.920. The van der Waals surface area contributed by atoms with E-state index in [0.717, 1.165) is 43.1 Å². The molecule has 1 aromatic heterocycles. The topological polar surface area (TPSA) is 48.4 Å². The molecule has 0 radical (unpaired) electrons. The Kier molecular flexibility index (Phi) is 3.79. The summed E-state index contributed by atoms with van der Waals surface area (Å²) in [5.74, 6) is 3.35. The van der Waals surface area contributed by atoms with Crippen molar-refractivity contribution in [2.75, 3.05) is 6.61 Å². The first-order chi connectivity index (χ1) is 9.78. The Morgan fingerprint density at radius 2 is 2.10 bits per heavy atom. The molecule has 0 amide bonds. The lowest BCUT2D eigenvalue weighted by molar-refractivity contribution is 0.256. The molecular weight excluding hydrogens is 250 g/mol. The van der Waals surface area contributed by atoms with Gasteiger partial charge in [0, 0.05) is 6.42 Å². The van der Waals surface area contributed by atoms with Crippen LogP contribution >= 0.6 is 0 Å². The monoisotopic (exact) mass is 271 g/mol. The van der Waals surface area contributed by atoms with Gasteiger partial charge in [0.25, 0.3) is 0 Å². The number of para-hydroxylation sites is 1. The normalized spacial score (nSPS) is 19.2. The first-order valence-electron chi connectivity index (χ1n) is 7.34. The van der Waals surface area contributed by atoms with Crippen molar-refractivity contribution in [2.24, 2.45) is 5.73 Å². The molecule has 2 aromatic rings. The van der Waals surface area contributed by atoms with Gasteiger partial charge in [0.2, 0.25) is 0 Å². The largest absolute Gasteiger partial charge is 0.493 e. The minimum absolute atomic E-state index is 0.0496. The molecule has 0 fully saturated rings. The Morgan fingerprint density at radius 3 is 2.90 bits per heavy atom. The highest BCUT2D eigenvalue weighted by Gasteiger charge is 2.24. The standard InChI is InChI=1S/C17H21NO2/c1-2-13-7-8-17(20-13)15(18)11-12-9-10-19-16-6-4-3-5-14(12)16/h3-8,12,15H,2,9-11,18H2,1H3. The predicted molar refractivity (Wildman–Crippen MR) is 78.9 cm³/mol. The molecule has 2 N–H and O–H groups in total. The van der Waals surface area contributed by atoms with Gasteiger partial charge < -0.3 is 14.9 Å². The molecule has 3 nitrogen and oxygen atoms in total. The van der Waals surface area contributed by atoms with Crippen molar-refractivity contribution in [1.82, 2.24) is 0 Å². The van der Waals surface area contributed by atoms with Crippen LogP contribution in [0.2, 0.25) is 0 Å². The van der Waals surface area contributed by atoms with Crippen LogP contribution < -0.4 is 10.5 Å². The summed E-state index contributed by atoms with van der Waals surface area (Å²) >= 11 is 0. The number of nitrogens with two attached hydrogens (primary N) is 1. The maximum atomic E-state index is 6.32. The number of hydrogen-bond acceptors (Lipinski definition) is 3. The summed E-state index contributed by atoms with van der Waals surface area (Å²) in [6, 6.07) is 12.2. The van der Waals surface area contributed by atoms with Crippen LogP contribution in [0.5, 0.6) is 5.75 Å². The summed E-state index contributed by atoms with van der Waals surface area (Å²) < 4.78 is 11.5. The third-order valence-electron chi connectivity index (χ3n) is 4.02. The van der Waals surface area contributed by atoms with E-state index < -0.39 is 0 Å². The number of ether oxygens (including phenoxy) is 1. The van der Waals surface area contributed by atoms with Crippen molar-refractivity contribution in [1.29, 1.82) is 0 Å². The van der Waals surface area contributed by atoms with E-state index in [9.17, 15) is 0 Å². The van der Waals surface area contributed by atoms with Crippen LogP contribution in [0.3, 0.4) is 0 Å². The molecule has 106 valence electrons. The van der Waals surface area contributed by atoms with Gasteiger partial charge in [-0.15, -0.1) is 0 Å². The van der Waals surface area contributed by atoms with Crippen LogP contribution in [-0.2, 0) is 6.42 Å². The summed E-state index contributed by atoms with van der Waals surface area (Å²) in [6.45, 7) is 2.86. The molecule has 3 heteroatoms. The molecule has 0 aliphatic carbocycles. The summed E-state index contributed by atoms with van der Waals surface area (Å²) in [7, 11) is 0. The summed E-state index contributed by atoms with van der Waals surface area (Å²) in [5.41, 5.74) is 7.59. The van der Waals surface area contributed by atoms with Gasteiger partial charge in [0.05, 0.1) is 12.6 Å². The lowest BCUT2D eigenvalue weighted by Gasteiger charge is -2.27. The second-order valence-electron chi connectivity index (χ2n) is 5.37. The van der Waals surface area contributed by atoms with Gasteiger partial charge in [-0.25, -0.2) is 0 Å². The SMILES string of the molecule is CCc1ccc(C(N)CC2CCOc3ccccc32)o1. The second kappa shape index (κ2) is 5.71.